The van der Waals surface area contributed by atoms with E-state index in [1.54, 1.807) is 16.9 Å². The minimum Gasteiger partial charge on any atom is -0.336 e. The Hall–Kier alpha value is -1.91. The molecule has 10 heteroatoms. The number of carbonyl (C=O) groups excluding carboxylic acids is 1. The summed E-state index contributed by atoms with van der Waals surface area (Å²) in [7, 11) is 0. The molecule has 0 spiro atoms. The minimum atomic E-state index is -0.226. The van der Waals surface area contributed by atoms with Crippen molar-refractivity contribution < 1.29 is 4.79 Å². The maximum absolute atomic E-state index is 12.4. The first-order valence-corrected chi connectivity index (χ1v) is 12.1. The number of aryl methyl sites for hydroxylation is 1. The van der Waals surface area contributed by atoms with Crippen LogP contribution in [-0.4, -0.2) is 57.1 Å². The van der Waals surface area contributed by atoms with E-state index in [9.17, 15) is 9.59 Å². The van der Waals surface area contributed by atoms with E-state index in [0.29, 0.717) is 18.2 Å². The largest absolute Gasteiger partial charge is 0.336 e. The van der Waals surface area contributed by atoms with Gasteiger partial charge in [0.25, 0.3) is 5.56 Å². The third-order valence-electron chi connectivity index (χ3n) is 5.40. The number of piperidine rings is 1. The summed E-state index contributed by atoms with van der Waals surface area (Å²) in [6.45, 7) is 2.92. The van der Waals surface area contributed by atoms with Crippen molar-refractivity contribution in [1.82, 2.24) is 25.0 Å². The molecule has 2 amide bonds. The summed E-state index contributed by atoms with van der Waals surface area (Å²) >= 11 is 3.25. The van der Waals surface area contributed by atoms with Gasteiger partial charge >= 0.3 is 6.03 Å². The SMILES string of the molecule is O=C(NCC1CCCCN1CCn1nc2c(cc1=O)CSCC2)Nc1nccs1. The Morgan fingerprint density at radius 2 is 2.24 bits per heavy atom. The normalized spacial score (nSPS) is 19.5. The fraction of sp³-hybridized carbons (Fsp3) is 0.579. The number of amides is 2. The highest BCUT2D eigenvalue weighted by Gasteiger charge is 2.23. The minimum absolute atomic E-state index is 0.0132. The molecule has 0 bridgehead atoms. The summed E-state index contributed by atoms with van der Waals surface area (Å²) in [6.07, 6.45) is 5.95. The number of nitrogens with zero attached hydrogens (tertiary/aromatic N) is 4. The molecule has 1 fully saturated rings. The van der Waals surface area contributed by atoms with Crippen LogP contribution in [-0.2, 0) is 18.7 Å². The number of thiazole rings is 1. The Morgan fingerprint density at radius 1 is 1.31 bits per heavy atom. The monoisotopic (exact) mass is 434 g/mol. The highest BCUT2D eigenvalue weighted by atomic mass is 32.2. The lowest BCUT2D eigenvalue weighted by molar-refractivity contribution is 0.139. The van der Waals surface area contributed by atoms with Crippen molar-refractivity contribution >= 4 is 34.3 Å². The van der Waals surface area contributed by atoms with Crippen molar-refractivity contribution in [3.05, 3.63) is 39.3 Å². The molecule has 156 valence electrons. The van der Waals surface area contributed by atoms with Crippen molar-refractivity contribution in [3.8, 4) is 0 Å². The van der Waals surface area contributed by atoms with Crippen LogP contribution in [0.4, 0.5) is 9.93 Å². The Labute approximate surface area is 178 Å². The third-order valence-corrected chi connectivity index (χ3v) is 7.10. The lowest BCUT2D eigenvalue weighted by atomic mass is 10.0. The molecule has 1 unspecified atom stereocenters. The summed E-state index contributed by atoms with van der Waals surface area (Å²) < 4.78 is 1.61. The maximum atomic E-state index is 12.4. The number of fused-ring (bicyclic) bond motifs is 1. The second kappa shape index (κ2) is 9.73. The third kappa shape index (κ3) is 5.37. The predicted octanol–water partition coefficient (Wildman–Crippen LogP) is 2.17. The van der Waals surface area contributed by atoms with Gasteiger partial charge in [0.1, 0.15) is 0 Å². The van der Waals surface area contributed by atoms with Crippen molar-refractivity contribution in [2.45, 2.75) is 44.0 Å². The molecule has 0 aliphatic carbocycles. The Kier molecular flexibility index (Phi) is 6.83. The summed E-state index contributed by atoms with van der Waals surface area (Å²) in [5, 5.41) is 12.8. The van der Waals surface area contributed by atoms with Crippen molar-refractivity contribution in [2.75, 3.05) is 30.7 Å². The number of likely N-dealkylation sites (tertiary alicyclic amines) is 1. The van der Waals surface area contributed by atoms with E-state index >= 15 is 0 Å². The molecular formula is C19H26N6O2S2. The highest BCUT2D eigenvalue weighted by molar-refractivity contribution is 7.98. The van der Waals surface area contributed by atoms with Gasteiger partial charge in [-0.05, 0) is 30.7 Å². The number of aromatic nitrogens is 3. The molecule has 2 N–H and O–H groups in total. The molecular weight excluding hydrogens is 408 g/mol. The molecule has 0 aromatic carbocycles. The number of hydrogen-bond acceptors (Lipinski definition) is 7. The van der Waals surface area contributed by atoms with Crippen LogP contribution >= 0.6 is 23.1 Å². The second-order valence-corrected chi connectivity index (χ2v) is 9.34. The number of rotatable bonds is 6. The molecule has 2 aliphatic heterocycles. The fourth-order valence-electron chi connectivity index (χ4n) is 3.86. The first-order chi connectivity index (χ1) is 14.2. The van der Waals surface area contributed by atoms with Gasteiger partial charge in [0.15, 0.2) is 5.13 Å². The van der Waals surface area contributed by atoms with Crippen LogP contribution in [0.1, 0.15) is 30.5 Å². The zero-order chi connectivity index (χ0) is 20.1. The van der Waals surface area contributed by atoms with Gasteiger partial charge < -0.3 is 5.32 Å². The van der Waals surface area contributed by atoms with Crippen molar-refractivity contribution in [2.24, 2.45) is 0 Å². The number of anilines is 1. The van der Waals surface area contributed by atoms with Crippen molar-refractivity contribution in [3.63, 3.8) is 0 Å². The lowest BCUT2D eigenvalue weighted by Gasteiger charge is -2.35. The summed E-state index contributed by atoms with van der Waals surface area (Å²) in [6, 6.07) is 1.80. The Bertz CT molecular complexity index is 885. The maximum Gasteiger partial charge on any atom is 0.321 e. The van der Waals surface area contributed by atoms with Crippen LogP contribution in [0.15, 0.2) is 22.4 Å². The number of thioether (sulfide) groups is 1. The molecule has 4 rings (SSSR count). The van der Waals surface area contributed by atoms with Crippen LogP contribution in [0.5, 0.6) is 0 Å². The quantitative estimate of drug-likeness (QED) is 0.724. The van der Waals surface area contributed by atoms with Gasteiger partial charge in [-0.25, -0.2) is 14.5 Å². The number of hydrogen-bond donors (Lipinski definition) is 2. The van der Waals surface area contributed by atoms with E-state index in [0.717, 1.165) is 61.5 Å². The summed E-state index contributed by atoms with van der Waals surface area (Å²) in [4.78, 5) is 30.9. The average Bonchev–Trinajstić information content (AvgIpc) is 3.24. The number of urea groups is 1. The van der Waals surface area contributed by atoms with Gasteiger partial charge in [-0.3, -0.25) is 15.0 Å². The first kappa shape index (κ1) is 20.4. The van der Waals surface area contributed by atoms with Gasteiger partial charge in [0.2, 0.25) is 0 Å². The zero-order valence-corrected chi connectivity index (χ0v) is 17.9. The van der Waals surface area contributed by atoms with Crippen LogP contribution in [0.25, 0.3) is 0 Å². The molecule has 4 heterocycles. The molecule has 0 radical (unpaired) electrons. The van der Waals surface area contributed by atoms with E-state index in [1.165, 1.54) is 11.3 Å². The van der Waals surface area contributed by atoms with Crippen LogP contribution in [0.3, 0.4) is 0 Å². The van der Waals surface area contributed by atoms with Crippen LogP contribution in [0.2, 0.25) is 0 Å². The molecule has 29 heavy (non-hydrogen) atoms. The average molecular weight is 435 g/mol. The molecule has 2 aromatic rings. The van der Waals surface area contributed by atoms with E-state index in [2.05, 4.69) is 25.6 Å². The molecule has 2 aromatic heterocycles. The number of carbonyl (C=O) groups is 1. The number of nitrogens with one attached hydrogen (secondary N) is 2. The zero-order valence-electron chi connectivity index (χ0n) is 16.3. The first-order valence-electron chi connectivity index (χ1n) is 10.0. The molecule has 8 nitrogen and oxygen atoms in total. The van der Waals surface area contributed by atoms with Crippen LogP contribution < -0.4 is 16.2 Å². The molecule has 1 saturated heterocycles. The summed E-state index contributed by atoms with van der Waals surface area (Å²) in [5.74, 6) is 1.96. The van der Waals surface area contributed by atoms with E-state index in [1.807, 2.05) is 17.1 Å². The van der Waals surface area contributed by atoms with E-state index in [-0.39, 0.29) is 17.6 Å². The lowest BCUT2D eigenvalue weighted by Crippen LogP contribution is -2.48. The van der Waals surface area contributed by atoms with Gasteiger partial charge in [0, 0.05) is 48.9 Å². The predicted molar refractivity (Wildman–Crippen MR) is 117 cm³/mol. The van der Waals surface area contributed by atoms with Gasteiger partial charge in [-0.1, -0.05) is 6.42 Å². The topological polar surface area (TPSA) is 92.2 Å². The summed E-state index contributed by atoms with van der Waals surface area (Å²) in [5.41, 5.74) is 2.15. The highest BCUT2D eigenvalue weighted by Crippen LogP contribution is 2.21. The Balaban J connectivity index is 1.32. The smallest absolute Gasteiger partial charge is 0.321 e. The van der Waals surface area contributed by atoms with E-state index < -0.39 is 0 Å². The van der Waals surface area contributed by atoms with Gasteiger partial charge in [-0.2, -0.15) is 16.9 Å². The van der Waals surface area contributed by atoms with Gasteiger partial charge in [0.05, 0.1) is 12.2 Å². The van der Waals surface area contributed by atoms with E-state index in [4.69, 9.17) is 0 Å². The second-order valence-electron chi connectivity index (χ2n) is 7.34. The fourth-order valence-corrected chi connectivity index (χ4v) is 5.33. The van der Waals surface area contributed by atoms with Gasteiger partial charge in [-0.15, -0.1) is 11.3 Å². The molecule has 2 aliphatic rings. The standard InChI is InChI=1S/C19H26N6O2S2/c26-17-11-14-13-28-9-4-16(14)23-25(17)8-7-24-6-2-1-3-15(24)12-21-18(27)22-19-20-5-10-29-19/h5,10-11,15H,1-4,6-9,12-13H2,(H2,20,21,22,27). The molecule has 0 saturated carbocycles. The molecule has 1 atom stereocenters. The Morgan fingerprint density at radius 3 is 3.10 bits per heavy atom. The van der Waals surface area contributed by atoms with Crippen LogP contribution in [0, 0.1) is 0 Å². The van der Waals surface area contributed by atoms with Crippen molar-refractivity contribution in [1.29, 1.82) is 0 Å².